The molecular formula is C20H28Br2N2O4. The molecule has 0 saturated heterocycles. The normalized spacial score (nSPS) is 8.50. The minimum absolute atomic E-state index is 0.304. The largest absolute Gasteiger partial charge is 0.371 e. The first-order valence-corrected chi connectivity index (χ1v) is 10.1. The summed E-state index contributed by atoms with van der Waals surface area (Å²) in [6, 6.07) is 19.9. The number of benzene rings is 2. The third-order valence-corrected chi connectivity index (χ3v) is 3.24. The maximum Gasteiger partial charge on any atom is 0.321 e. The molecule has 0 heterocycles. The van der Waals surface area contributed by atoms with Gasteiger partial charge in [-0.2, -0.15) is 11.0 Å². The molecule has 0 aliphatic carbocycles. The first-order chi connectivity index (χ1) is 13.3. The van der Waals surface area contributed by atoms with Crippen molar-refractivity contribution in [2.24, 2.45) is 0 Å². The van der Waals surface area contributed by atoms with E-state index in [1.54, 1.807) is 0 Å². The lowest BCUT2D eigenvalue weighted by atomic mass is 10.4. The zero-order chi connectivity index (χ0) is 21.6. The highest BCUT2D eigenvalue weighted by Crippen LogP contribution is 2.05. The highest BCUT2D eigenvalue weighted by Gasteiger charge is 1.85. The predicted octanol–water partition coefficient (Wildman–Crippen LogP) is 5.05. The second-order valence-electron chi connectivity index (χ2n) is 4.77. The summed E-state index contributed by atoms with van der Waals surface area (Å²) in [6.45, 7) is 7.70. The summed E-state index contributed by atoms with van der Waals surface area (Å²) in [4.78, 5) is 28.4. The monoisotopic (exact) mass is 518 g/mol. The van der Waals surface area contributed by atoms with Crippen LogP contribution < -0.4 is 11.0 Å². The Kier molecular flexibility index (Phi) is 21.9. The van der Waals surface area contributed by atoms with Gasteiger partial charge in [0.25, 0.3) is 0 Å². The number of hydrogen-bond acceptors (Lipinski definition) is 6. The molecule has 6 nitrogen and oxygen atoms in total. The molecule has 0 bridgehead atoms. The van der Waals surface area contributed by atoms with Crippen molar-refractivity contribution in [3.63, 3.8) is 0 Å². The van der Waals surface area contributed by atoms with Crippen LogP contribution in [0, 0.1) is 0 Å². The van der Waals surface area contributed by atoms with Gasteiger partial charge >= 0.3 is 11.9 Å². The van der Waals surface area contributed by atoms with Gasteiger partial charge in [0.15, 0.2) is 0 Å². The van der Waals surface area contributed by atoms with Crippen molar-refractivity contribution in [3.8, 4) is 0 Å². The quantitative estimate of drug-likeness (QED) is 0.550. The minimum atomic E-state index is -0.304. The fourth-order valence-corrected chi connectivity index (χ4v) is 1.79. The predicted molar refractivity (Wildman–Crippen MR) is 119 cm³/mol. The topological polar surface area (TPSA) is 76.7 Å². The third-order valence-electron chi connectivity index (χ3n) is 2.19. The summed E-state index contributed by atoms with van der Waals surface area (Å²) >= 11 is 6.62. The average molecular weight is 520 g/mol. The van der Waals surface area contributed by atoms with Crippen molar-refractivity contribution in [2.75, 3.05) is 13.1 Å². The van der Waals surface area contributed by atoms with Crippen LogP contribution in [0.2, 0.25) is 0 Å². The summed E-state index contributed by atoms with van der Waals surface area (Å²) in [5, 5.41) is 0. The van der Waals surface area contributed by atoms with Gasteiger partial charge in [0, 0.05) is 35.9 Å². The van der Waals surface area contributed by atoms with Gasteiger partial charge in [-0.3, -0.25) is 9.59 Å². The van der Waals surface area contributed by atoms with Crippen molar-refractivity contribution in [3.05, 3.63) is 69.6 Å². The van der Waals surface area contributed by atoms with Crippen molar-refractivity contribution in [1.82, 2.24) is 11.0 Å². The van der Waals surface area contributed by atoms with E-state index in [2.05, 4.69) is 52.5 Å². The van der Waals surface area contributed by atoms with Crippen LogP contribution in [-0.2, 0) is 19.3 Å². The van der Waals surface area contributed by atoms with Gasteiger partial charge in [-0.25, -0.2) is 0 Å². The summed E-state index contributed by atoms with van der Waals surface area (Å²) in [5.74, 6) is -0.608. The molecule has 2 N–H and O–H groups in total. The standard InChI is InChI=1S/2C6H5Br.2C4H9NO2/c2*7-6-4-2-1-3-5-6;2*1-3-5-7-4(2)6/h2*1-5H;2*5H,3H2,1-2H3. The lowest BCUT2D eigenvalue weighted by Gasteiger charge is -1.95. The van der Waals surface area contributed by atoms with Crippen LogP contribution in [0.1, 0.15) is 27.7 Å². The van der Waals surface area contributed by atoms with E-state index in [4.69, 9.17) is 0 Å². The fraction of sp³-hybridized carbons (Fsp3) is 0.300. The number of carbonyl (C=O) groups is 2. The Morgan fingerprint density at radius 2 is 1.00 bits per heavy atom. The van der Waals surface area contributed by atoms with Crippen LogP contribution in [0.25, 0.3) is 0 Å². The smallest absolute Gasteiger partial charge is 0.321 e. The Morgan fingerprint density at radius 3 is 1.11 bits per heavy atom. The molecule has 2 aromatic rings. The van der Waals surface area contributed by atoms with Crippen LogP contribution in [-0.4, -0.2) is 25.0 Å². The number of hydrogen-bond donors (Lipinski definition) is 2. The van der Waals surface area contributed by atoms with Gasteiger partial charge in [0.1, 0.15) is 0 Å². The molecule has 2 aromatic carbocycles. The Bertz CT molecular complexity index is 559. The lowest BCUT2D eigenvalue weighted by Crippen LogP contribution is -2.16. The molecule has 8 heteroatoms. The van der Waals surface area contributed by atoms with Crippen LogP contribution in [0.5, 0.6) is 0 Å². The first kappa shape index (κ1) is 28.5. The molecule has 0 spiro atoms. The van der Waals surface area contributed by atoms with E-state index in [0.717, 1.165) is 8.95 Å². The molecule has 0 fully saturated rings. The van der Waals surface area contributed by atoms with Crippen LogP contribution in [0.3, 0.4) is 0 Å². The van der Waals surface area contributed by atoms with Gasteiger partial charge in [0.05, 0.1) is 0 Å². The Balaban J connectivity index is 0. The zero-order valence-corrected chi connectivity index (χ0v) is 19.7. The summed E-state index contributed by atoms with van der Waals surface area (Å²) < 4.78 is 2.27. The van der Waals surface area contributed by atoms with E-state index < -0.39 is 0 Å². The highest BCUT2D eigenvalue weighted by molar-refractivity contribution is 9.10. The highest BCUT2D eigenvalue weighted by atomic mass is 79.9. The van der Waals surface area contributed by atoms with Crippen LogP contribution >= 0.6 is 31.9 Å². The second kappa shape index (κ2) is 21.6. The molecule has 0 amide bonds. The van der Waals surface area contributed by atoms with E-state index in [9.17, 15) is 9.59 Å². The molecule has 0 radical (unpaired) electrons. The molecule has 2 rings (SSSR count). The van der Waals surface area contributed by atoms with E-state index in [-0.39, 0.29) is 11.9 Å². The van der Waals surface area contributed by atoms with Crippen LogP contribution in [0.15, 0.2) is 69.6 Å². The molecular weight excluding hydrogens is 492 g/mol. The van der Waals surface area contributed by atoms with Crippen molar-refractivity contribution in [2.45, 2.75) is 27.7 Å². The van der Waals surface area contributed by atoms with Gasteiger partial charge < -0.3 is 9.68 Å². The van der Waals surface area contributed by atoms with Gasteiger partial charge in [-0.1, -0.05) is 68.3 Å². The average Bonchev–Trinajstić information content (AvgIpc) is 2.67. The van der Waals surface area contributed by atoms with Gasteiger partial charge in [-0.15, -0.1) is 0 Å². The second-order valence-corrected chi connectivity index (χ2v) is 6.61. The maximum absolute atomic E-state index is 9.92. The lowest BCUT2D eigenvalue weighted by molar-refractivity contribution is -0.148. The van der Waals surface area contributed by atoms with Crippen molar-refractivity contribution >= 4 is 43.8 Å². The molecule has 28 heavy (non-hydrogen) atoms. The molecule has 156 valence electrons. The number of halogens is 2. The Hall–Kier alpha value is -1.74. The maximum atomic E-state index is 9.92. The van der Waals surface area contributed by atoms with Crippen molar-refractivity contribution in [1.29, 1.82) is 0 Å². The SMILES string of the molecule is Brc1ccccc1.Brc1ccccc1.CCNOC(C)=O.CCNOC(C)=O. The van der Waals surface area contributed by atoms with E-state index in [1.165, 1.54) is 13.8 Å². The summed E-state index contributed by atoms with van der Waals surface area (Å²) in [5.41, 5.74) is 4.80. The summed E-state index contributed by atoms with van der Waals surface area (Å²) in [6.07, 6.45) is 0. The molecule has 0 aliphatic heterocycles. The van der Waals surface area contributed by atoms with Gasteiger partial charge in [-0.05, 0) is 38.1 Å². The minimum Gasteiger partial charge on any atom is -0.371 e. The van der Waals surface area contributed by atoms with Crippen LogP contribution in [0.4, 0.5) is 0 Å². The van der Waals surface area contributed by atoms with E-state index in [0.29, 0.717) is 13.1 Å². The molecule has 0 saturated carbocycles. The third kappa shape index (κ3) is 26.5. The fourth-order valence-electron chi connectivity index (χ4n) is 1.18. The Morgan fingerprint density at radius 1 is 0.714 bits per heavy atom. The zero-order valence-electron chi connectivity index (χ0n) is 16.6. The van der Waals surface area contributed by atoms with E-state index in [1.807, 2.05) is 74.5 Å². The molecule has 0 aliphatic rings. The number of carbonyl (C=O) groups excluding carboxylic acids is 2. The summed E-state index contributed by atoms with van der Waals surface area (Å²) in [7, 11) is 0. The number of nitrogens with one attached hydrogen (secondary N) is 2. The first-order valence-electron chi connectivity index (χ1n) is 8.55. The Labute approximate surface area is 184 Å². The van der Waals surface area contributed by atoms with Crippen molar-refractivity contribution < 1.29 is 19.3 Å². The number of rotatable bonds is 4. The van der Waals surface area contributed by atoms with Gasteiger partial charge in [0.2, 0.25) is 0 Å². The molecule has 0 unspecified atom stereocenters. The van der Waals surface area contributed by atoms with E-state index >= 15 is 0 Å². The molecule has 0 atom stereocenters. The number of hydroxylamine groups is 2. The molecule has 0 aromatic heterocycles.